The van der Waals surface area contributed by atoms with Gasteiger partial charge in [-0.25, -0.2) is 9.59 Å². The summed E-state index contributed by atoms with van der Waals surface area (Å²) in [5, 5.41) is 12.7. The lowest BCUT2D eigenvalue weighted by atomic mass is 9.98. The van der Waals surface area contributed by atoms with Gasteiger partial charge in [0.2, 0.25) is 0 Å². The number of carboxylic acid groups (broad SMARTS) is 1. The van der Waals surface area contributed by atoms with Crippen LogP contribution in [0.15, 0.2) is 18.2 Å². The minimum Gasteiger partial charge on any atom is -0.480 e. The Bertz CT molecular complexity index is 1020. The summed E-state index contributed by atoms with van der Waals surface area (Å²) in [5.74, 6) is -1.78. The first kappa shape index (κ1) is 35.7. The SMILES string of the molecule is CC(CN[C@@H](Cc1ccc(OC(=O)OC(C)C(C)C)c(OC(=O)OC(C)C(C)C)c1)C(=O)O)OC(=O)C(C)C(C)C. The number of hydrogen-bond acceptors (Lipinski definition) is 10. The van der Waals surface area contributed by atoms with Crippen molar-refractivity contribution in [2.75, 3.05) is 6.54 Å². The summed E-state index contributed by atoms with van der Waals surface area (Å²) in [6.07, 6.45) is -3.41. The monoisotopic (exact) mass is 581 g/mol. The predicted octanol–water partition coefficient (Wildman–Crippen LogP) is 5.62. The Morgan fingerprint density at radius 2 is 1.24 bits per heavy atom. The Morgan fingerprint density at radius 1 is 0.732 bits per heavy atom. The summed E-state index contributed by atoms with van der Waals surface area (Å²) in [6.45, 7) is 18.4. The lowest BCUT2D eigenvalue weighted by molar-refractivity contribution is -0.154. The molecule has 11 heteroatoms. The van der Waals surface area contributed by atoms with E-state index in [0.29, 0.717) is 5.56 Å². The quantitative estimate of drug-likeness (QED) is 0.151. The van der Waals surface area contributed by atoms with Crippen LogP contribution in [-0.2, 0) is 30.2 Å². The Kier molecular flexibility index (Phi) is 14.6. The van der Waals surface area contributed by atoms with E-state index < -0.39 is 42.6 Å². The van der Waals surface area contributed by atoms with Crippen molar-refractivity contribution in [1.82, 2.24) is 5.32 Å². The minimum absolute atomic E-state index is 0.0126. The number of benzene rings is 1. The molecule has 1 aromatic carbocycles. The number of carbonyl (C=O) groups is 4. The molecule has 232 valence electrons. The molecule has 0 fully saturated rings. The van der Waals surface area contributed by atoms with Crippen LogP contribution in [0.3, 0.4) is 0 Å². The van der Waals surface area contributed by atoms with E-state index in [2.05, 4.69) is 5.32 Å². The molecule has 0 bridgehead atoms. The Balaban J connectivity index is 3.08. The molecule has 0 spiro atoms. The van der Waals surface area contributed by atoms with Gasteiger partial charge in [0.25, 0.3) is 0 Å². The normalized spacial score (nSPS) is 15.0. The van der Waals surface area contributed by atoms with E-state index in [1.165, 1.54) is 12.1 Å². The van der Waals surface area contributed by atoms with Crippen molar-refractivity contribution < 1.29 is 48.0 Å². The standard InChI is InChI=1S/C30H47NO10/c1-16(2)20(8)28(34)37-19(7)15-31-24(27(32)33)13-23-11-12-25(40-29(35)38-21(9)17(3)4)26(14-23)41-30(36)39-22(10)18(5)6/h11-12,14,16-22,24,31H,13,15H2,1-10H3,(H,32,33)/t19?,20?,21?,22?,24-/m0/s1. The molecule has 1 aromatic rings. The first-order valence-electron chi connectivity index (χ1n) is 14.1. The highest BCUT2D eigenvalue weighted by Crippen LogP contribution is 2.30. The second kappa shape index (κ2) is 16.8. The number of ether oxygens (including phenoxy) is 5. The van der Waals surface area contributed by atoms with Gasteiger partial charge in [0, 0.05) is 6.54 Å². The number of nitrogens with one attached hydrogen (secondary N) is 1. The molecule has 11 nitrogen and oxygen atoms in total. The van der Waals surface area contributed by atoms with Gasteiger partial charge in [0.05, 0.1) is 5.92 Å². The number of carbonyl (C=O) groups excluding carboxylic acids is 3. The Morgan fingerprint density at radius 3 is 1.71 bits per heavy atom. The number of hydrogen-bond donors (Lipinski definition) is 2. The topological polar surface area (TPSA) is 147 Å². The van der Waals surface area contributed by atoms with Crippen molar-refractivity contribution in [2.45, 2.75) is 100 Å². The van der Waals surface area contributed by atoms with Gasteiger partial charge in [-0.2, -0.15) is 0 Å². The highest BCUT2D eigenvalue weighted by molar-refractivity contribution is 5.74. The summed E-state index contributed by atoms with van der Waals surface area (Å²) >= 11 is 0. The molecule has 0 aliphatic rings. The molecule has 1 rings (SSSR count). The zero-order valence-corrected chi connectivity index (χ0v) is 25.9. The molecule has 41 heavy (non-hydrogen) atoms. The second-order valence-corrected chi connectivity index (χ2v) is 11.4. The van der Waals surface area contributed by atoms with Crippen molar-refractivity contribution in [2.24, 2.45) is 23.7 Å². The van der Waals surface area contributed by atoms with Gasteiger partial charge in [-0.05, 0) is 62.6 Å². The van der Waals surface area contributed by atoms with Crippen LogP contribution in [0.1, 0.15) is 74.8 Å². The molecule has 5 atom stereocenters. The van der Waals surface area contributed by atoms with Gasteiger partial charge in [0.1, 0.15) is 24.4 Å². The third-order valence-electron chi connectivity index (χ3n) is 6.92. The van der Waals surface area contributed by atoms with Crippen LogP contribution in [0, 0.1) is 23.7 Å². The highest BCUT2D eigenvalue weighted by Gasteiger charge is 2.25. The molecule has 0 aromatic heterocycles. The summed E-state index contributed by atoms with van der Waals surface area (Å²) in [4.78, 5) is 49.0. The summed E-state index contributed by atoms with van der Waals surface area (Å²) in [6, 6.07) is 3.29. The van der Waals surface area contributed by atoms with Crippen molar-refractivity contribution in [3.63, 3.8) is 0 Å². The second-order valence-electron chi connectivity index (χ2n) is 11.4. The fourth-order valence-electron chi connectivity index (χ4n) is 3.06. The molecule has 0 amide bonds. The van der Waals surface area contributed by atoms with Crippen molar-refractivity contribution in [3.8, 4) is 11.5 Å². The van der Waals surface area contributed by atoms with E-state index in [1.807, 2.05) is 41.5 Å². The van der Waals surface area contributed by atoms with Gasteiger partial charge >= 0.3 is 24.2 Å². The smallest absolute Gasteiger partial charge is 0.480 e. The van der Waals surface area contributed by atoms with E-state index >= 15 is 0 Å². The largest absolute Gasteiger partial charge is 0.514 e. The van der Waals surface area contributed by atoms with E-state index in [1.54, 1.807) is 33.8 Å². The van der Waals surface area contributed by atoms with Gasteiger partial charge in [-0.15, -0.1) is 0 Å². The van der Waals surface area contributed by atoms with Crippen molar-refractivity contribution in [1.29, 1.82) is 0 Å². The maximum absolute atomic E-state index is 12.5. The van der Waals surface area contributed by atoms with Crippen molar-refractivity contribution >= 4 is 24.2 Å². The first-order valence-corrected chi connectivity index (χ1v) is 14.1. The molecule has 0 aliphatic carbocycles. The molecular formula is C30H47NO10. The molecular weight excluding hydrogens is 534 g/mol. The third kappa shape index (κ3) is 12.8. The summed E-state index contributed by atoms with van der Waals surface area (Å²) < 4.78 is 26.6. The van der Waals surface area contributed by atoms with Crippen LogP contribution < -0.4 is 14.8 Å². The van der Waals surface area contributed by atoms with Crippen LogP contribution in [0.2, 0.25) is 0 Å². The average Bonchev–Trinajstić information content (AvgIpc) is 2.86. The number of aliphatic carboxylic acids is 1. The average molecular weight is 582 g/mol. The molecule has 4 unspecified atom stereocenters. The zero-order valence-electron chi connectivity index (χ0n) is 25.9. The molecule has 2 N–H and O–H groups in total. The molecule has 0 saturated carbocycles. The summed E-state index contributed by atoms with van der Waals surface area (Å²) in [7, 11) is 0. The third-order valence-corrected chi connectivity index (χ3v) is 6.92. The number of rotatable bonds is 15. The van der Waals surface area contributed by atoms with Crippen LogP contribution in [0.5, 0.6) is 11.5 Å². The van der Waals surface area contributed by atoms with Crippen LogP contribution in [0.4, 0.5) is 9.59 Å². The molecule has 0 heterocycles. The van der Waals surface area contributed by atoms with E-state index in [-0.39, 0.29) is 54.1 Å². The zero-order chi connectivity index (χ0) is 31.4. The van der Waals surface area contributed by atoms with Gasteiger partial charge in [0.15, 0.2) is 11.5 Å². The van der Waals surface area contributed by atoms with Gasteiger partial charge in [-0.3, -0.25) is 9.59 Å². The maximum Gasteiger partial charge on any atom is 0.514 e. The lowest BCUT2D eigenvalue weighted by Gasteiger charge is -2.22. The van der Waals surface area contributed by atoms with Gasteiger partial charge in [-0.1, -0.05) is 54.5 Å². The van der Waals surface area contributed by atoms with E-state index in [4.69, 9.17) is 23.7 Å². The highest BCUT2D eigenvalue weighted by atomic mass is 16.7. The van der Waals surface area contributed by atoms with E-state index in [9.17, 15) is 24.3 Å². The Hall–Kier alpha value is -3.34. The fraction of sp³-hybridized carbons (Fsp3) is 0.667. The number of carboxylic acids is 1. The molecule has 0 aliphatic heterocycles. The molecule has 0 saturated heterocycles. The molecule has 0 radical (unpaired) electrons. The van der Waals surface area contributed by atoms with Crippen LogP contribution in [-0.4, -0.2) is 60.3 Å². The Labute approximate surface area is 243 Å². The summed E-state index contributed by atoms with van der Waals surface area (Å²) in [5.41, 5.74) is 0.471. The fourth-order valence-corrected chi connectivity index (χ4v) is 3.06. The van der Waals surface area contributed by atoms with E-state index in [0.717, 1.165) is 0 Å². The first-order chi connectivity index (χ1) is 19.0. The van der Waals surface area contributed by atoms with Crippen molar-refractivity contribution in [3.05, 3.63) is 23.8 Å². The lowest BCUT2D eigenvalue weighted by Crippen LogP contribution is -2.43. The van der Waals surface area contributed by atoms with Crippen LogP contribution in [0.25, 0.3) is 0 Å². The van der Waals surface area contributed by atoms with Gasteiger partial charge < -0.3 is 34.1 Å². The number of esters is 1. The predicted molar refractivity (Wildman–Crippen MR) is 152 cm³/mol. The maximum atomic E-state index is 12.5. The minimum atomic E-state index is -1.13. The van der Waals surface area contributed by atoms with Crippen LogP contribution >= 0.6 is 0 Å².